The molecule has 0 fully saturated rings. The van der Waals surface area contributed by atoms with Crippen molar-refractivity contribution in [3.8, 4) is 5.75 Å². The number of carbonyl (C=O) groups excluding carboxylic acids is 2. The molecule has 152 valence electrons. The third-order valence-corrected chi connectivity index (χ3v) is 4.74. The first-order chi connectivity index (χ1) is 14.0. The second-order valence-electron chi connectivity index (χ2n) is 6.65. The van der Waals surface area contributed by atoms with E-state index in [4.69, 9.17) is 16.3 Å². The monoisotopic (exact) mass is 414 g/mol. The van der Waals surface area contributed by atoms with Crippen LogP contribution in [-0.2, 0) is 16.0 Å². The topological polar surface area (TPSA) is 96.1 Å². The summed E-state index contributed by atoms with van der Waals surface area (Å²) in [5, 5.41) is 5.99. The molecule has 0 saturated carbocycles. The molecule has 2 amide bonds. The van der Waals surface area contributed by atoms with E-state index in [9.17, 15) is 9.59 Å². The lowest BCUT2D eigenvalue weighted by Crippen LogP contribution is -2.44. The number of aromatic nitrogens is 2. The predicted molar refractivity (Wildman–Crippen MR) is 113 cm³/mol. The van der Waals surface area contributed by atoms with Gasteiger partial charge < -0.3 is 15.0 Å². The third kappa shape index (κ3) is 5.26. The number of benzene rings is 2. The van der Waals surface area contributed by atoms with Crippen LogP contribution in [0.15, 0.2) is 42.5 Å². The van der Waals surface area contributed by atoms with Crippen LogP contribution in [0, 0.1) is 0 Å². The fraction of sp³-hybridized carbons (Fsp3) is 0.286. The Kier molecular flexibility index (Phi) is 6.72. The minimum Gasteiger partial charge on any atom is -0.495 e. The number of hydrogen-bond donors (Lipinski definition) is 3. The highest BCUT2D eigenvalue weighted by atomic mass is 35.5. The first kappa shape index (κ1) is 20.7. The number of nitrogens with zero attached hydrogens (tertiary/aromatic N) is 1. The van der Waals surface area contributed by atoms with Gasteiger partial charge in [-0.2, -0.15) is 0 Å². The van der Waals surface area contributed by atoms with Crippen molar-refractivity contribution in [3.63, 3.8) is 0 Å². The van der Waals surface area contributed by atoms with Crippen molar-refractivity contribution in [3.05, 3.63) is 53.1 Å². The molecule has 1 heterocycles. The van der Waals surface area contributed by atoms with E-state index in [1.54, 1.807) is 18.2 Å². The summed E-state index contributed by atoms with van der Waals surface area (Å²) in [6, 6.07) is 12.0. The van der Waals surface area contributed by atoms with Crippen LogP contribution >= 0.6 is 11.6 Å². The Hall–Kier alpha value is -3.06. The highest BCUT2D eigenvalue weighted by Crippen LogP contribution is 2.25. The maximum atomic E-state index is 12.7. The van der Waals surface area contributed by atoms with Crippen molar-refractivity contribution in [1.82, 2.24) is 15.3 Å². The van der Waals surface area contributed by atoms with Gasteiger partial charge in [0.25, 0.3) is 0 Å². The number of carbonyl (C=O) groups is 2. The lowest BCUT2D eigenvalue weighted by Gasteiger charge is -2.17. The molecule has 0 bridgehead atoms. The average Bonchev–Trinajstić information content (AvgIpc) is 3.10. The maximum Gasteiger partial charge on any atom is 0.249 e. The van der Waals surface area contributed by atoms with Gasteiger partial charge in [0.2, 0.25) is 17.8 Å². The molecule has 3 rings (SSSR count). The van der Waals surface area contributed by atoms with E-state index in [2.05, 4.69) is 20.6 Å². The number of para-hydroxylation sites is 2. The summed E-state index contributed by atoms with van der Waals surface area (Å²) >= 11 is 6.11. The lowest BCUT2D eigenvalue weighted by atomic mass is 10.1. The van der Waals surface area contributed by atoms with Crippen molar-refractivity contribution < 1.29 is 14.3 Å². The molecule has 0 spiro atoms. The molecule has 1 atom stereocenters. The van der Waals surface area contributed by atoms with E-state index in [1.807, 2.05) is 31.2 Å². The molecule has 3 N–H and O–H groups in total. The summed E-state index contributed by atoms with van der Waals surface area (Å²) in [4.78, 5) is 32.5. The number of nitrogens with one attached hydrogen (secondary N) is 3. The van der Waals surface area contributed by atoms with E-state index in [0.29, 0.717) is 23.1 Å². The van der Waals surface area contributed by atoms with Crippen molar-refractivity contribution in [1.29, 1.82) is 0 Å². The van der Waals surface area contributed by atoms with Gasteiger partial charge in [0.15, 0.2) is 0 Å². The zero-order valence-electron chi connectivity index (χ0n) is 16.3. The molecular formula is C21H23ClN4O3. The van der Waals surface area contributed by atoms with E-state index >= 15 is 0 Å². The summed E-state index contributed by atoms with van der Waals surface area (Å²) in [5.74, 6) is 0.329. The van der Waals surface area contributed by atoms with Gasteiger partial charge in [0.1, 0.15) is 11.8 Å². The fourth-order valence-electron chi connectivity index (χ4n) is 3.02. The minimum absolute atomic E-state index is 0.113. The first-order valence-corrected chi connectivity index (χ1v) is 9.75. The number of H-pyrrole nitrogens is 1. The lowest BCUT2D eigenvalue weighted by molar-refractivity contribution is -0.126. The zero-order valence-corrected chi connectivity index (χ0v) is 17.0. The smallest absolute Gasteiger partial charge is 0.249 e. The predicted octanol–water partition coefficient (Wildman–Crippen LogP) is 3.69. The van der Waals surface area contributed by atoms with Gasteiger partial charge in [-0.15, -0.1) is 0 Å². The number of rotatable bonds is 8. The quantitative estimate of drug-likeness (QED) is 0.523. The summed E-state index contributed by atoms with van der Waals surface area (Å²) in [6.07, 6.45) is 1.37. The summed E-state index contributed by atoms with van der Waals surface area (Å²) < 4.78 is 5.12. The largest absolute Gasteiger partial charge is 0.495 e. The summed E-state index contributed by atoms with van der Waals surface area (Å²) in [7, 11) is 1.53. The number of anilines is 1. The molecule has 1 aromatic heterocycles. The van der Waals surface area contributed by atoms with Gasteiger partial charge in [0, 0.05) is 0 Å². The van der Waals surface area contributed by atoms with Gasteiger partial charge in [-0.05, 0) is 36.2 Å². The molecule has 0 unspecified atom stereocenters. The van der Waals surface area contributed by atoms with E-state index < -0.39 is 6.04 Å². The number of halogens is 1. The molecular weight excluding hydrogens is 392 g/mol. The molecule has 2 aromatic carbocycles. The average molecular weight is 415 g/mol. The van der Waals surface area contributed by atoms with Crippen LogP contribution < -0.4 is 15.4 Å². The van der Waals surface area contributed by atoms with Crippen molar-refractivity contribution in [2.75, 3.05) is 12.4 Å². The van der Waals surface area contributed by atoms with E-state index in [1.165, 1.54) is 7.11 Å². The fourth-order valence-corrected chi connectivity index (χ4v) is 3.30. The number of aromatic amines is 1. The highest BCUT2D eigenvalue weighted by Gasteiger charge is 2.21. The molecule has 8 heteroatoms. The number of ether oxygens (including phenoxy) is 1. The van der Waals surface area contributed by atoms with Crippen LogP contribution in [0.5, 0.6) is 5.75 Å². The number of hydrogen-bond acceptors (Lipinski definition) is 4. The van der Waals surface area contributed by atoms with Gasteiger partial charge in [0.05, 0.1) is 29.6 Å². The number of methoxy groups -OCH3 is 1. The van der Waals surface area contributed by atoms with Crippen molar-refractivity contribution in [2.24, 2.45) is 0 Å². The summed E-state index contributed by atoms with van der Waals surface area (Å²) in [6.45, 7) is 1.96. The molecule has 29 heavy (non-hydrogen) atoms. The van der Waals surface area contributed by atoms with Crippen LogP contribution in [0.2, 0.25) is 5.02 Å². The van der Waals surface area contributed by atoms with Crippen LogP contribution in [0.4, 0.5) is 5.95 Å². The number of fused-ring (bicyclic) bond motifs is 1. The number of amides is 2. The minimum atomic E-state index is -0.658. The van der Waals surface area contributed by atoms with Gasteiger partial charge in [-0.25, -0.2) is 4.98 Å². The zero-order chi connectivity index (χ0) is 20.8. The van der Waals surface area contributed by atoms with Crippen molar-refractivity contribution in [2.45, 2.75) is 32.2 Å². The Labute approximate surface area is 173 Å². The standard InChI is InChI=1S/C21H23ClN4O3/c1-3-6-17(20(28)26-21-24-15-7-4-5-8-16(15)25-21)23-19(27)12-13-9-10-18(29-2)14(22)11-13/h4-5,7-11,17H,3,6,12H2,1-2H3,(H,23,27)(H2,24,25,26,28)/t17-/m1/s1. The molecule has 0 aliphatic carbocycles. The highest BCUT2D eigenvalue weighted by molar-refractivity contribution is 6.32. The van der Waals surface area contributed by atoms with Gasteiger partial charge in [-0.1, -0.05) is 43.1 Å². The van der Waals surface area contributed by atoms with E-state index in [-0.39, 0.29) is 18.2 Å². The third-order valence-electron chi connectivity index (χ3n) is 4.44. The Morgan fingerprint density at radius 2 is 2.03 bits per heavy atom. The van der Waals surface area contributed by atoms with Crippen LogP contribution in [0.1, 0.15) is 25.3 Å². The Morgan fingerprint density at radius 1 is 1.24 bits per heavy atom. The summed E-state index contributed by atoms with van der Waals surface area (Å²) in [5.41, 5.74) is 2.33. The van der Waals surface area contributed by atoms with Crippen LogP contribution in [0.3, 0.4) is 0 Å². The van der Waals surface area contributed by atoms with Crippen molar-refractivity contribution >= 4 is 40.4 Å². The number of imidazole rings is 1. The van der Waals surface area contributed by atoms with Crippen LogP contribution in [0.25, 0.3) is 11.0 Å². The second kappa shape index (κ2) is 9.43. The van der Waals surface area contributed by atoms with Crippen LogP contribution in [-0.4, -0.2) is 34.9 Å². The molecule has 3 aromatic rings. The first-order valence-electron chi connectivity index (χ1n) is 9.37. The molecule has 0 aliphatic rings. The molecule has 0 saturated heterocycles. The Balaban J connectivity index is 1.64. The Bertz CT molecular complexity index is 985. The van der Waals surface area contributed by atoms with Gasteiger partial charge in [-0.3, -0.25) is 14.9 Å². The maximum absolute atomic E-state index is 12.7. The molecule has 0 radical (unpaired) electrons. The SMILES string of the molecule is CCC[C@@H](NC(=O)Cc1ccc(OC)c(Cl)c1)C(=O)Nc1nc2ccccc2[nH]1. The second-order valence-corrected chi connectivity index (χ2v) is 7.05. The molecule has 0 aliphatic heterocycles. The Morgan fingerprint density at radius 3 is 2.72 bits per heavy atom. The van der Waals surface area contributed by atoms with E-state index in [0.717, 1.165) is 23.0 Å². The van der Waals surface area contributed by atoms with Gasteiger partial charge >= 0.3 is 0 Å². The normalized spacial score (nSPS) is 11.8. The molecule has 7 nitrogen and oxygen atoms in total.